The van der Waals surface area contributed by atoms with Crippen molar-refractivity contribution in [2.75, 3.05) is 20.3 Å². The Bertz CT molecular complexity index is 1690. The van der Waals surface area contributed by atoms with Crippen LogP contribution in [-0.4, -0.2) is 47.2 Å². The Morgan fingerprint density at radius 3 is 1.95 bits per heavy atom. The lowest BCUT2D eigenvalue weighted by molar-refractivity contribution is 0.0511. The van der Waals surface area contributed by atoms with Crippen LogP contribution in [0.25, 0.3) is 32.9 Å². The summed E-state index contributed by atoms with van der Waals surface area (Å²) in [5, 5.41) is 2.05. The predicted octanol–water partition coefficient (Wildman–Crippen LogP) is 7.49. The average Bonchev–Trinajstić information content (AvgIpc) is 3.54. The predicted molar refractivity (Wildman–Crippen MR) is 170 cm³/mol. The molecular weight excluding hydrogens is 633 g/mol. The van der Waals surface area contributed by atoms with Crippen LogP contribution in [0.1, 0.15) is 59.8 Å². The topological polar surface area (TPSA) is 106 Å². The number of pyridine rings is 1. The molecule has 3 heterocycles. The van der Waals surface area contributed by atoms with Crippen LogP contribution in [0.2, 0.25) is 0 Å². The fraction of sp³-hybridized carbons (Fsp3) is 0.281. The van der Waals surface area contributed by atoms with Crippen LogP contribution in [0.5, 0.6) is 5.88 Å². The van der Waals surface area contributed by atoms with Crippen molar-refractivity contribution in [3.8, 4) is 17.0 Å². The van der Waals surface area contributed by atoms with Gasteiger partial charge in [0, 0.05) is 39.1 Å². The smallest absolute Gasteiger partial charge is 0.355 e. The molecule has 0 atom stereocenters. The minimum atomic E-state index is -0.382. The first-order valence-electron chi connectivity index (χ1n) is 13.6. The highest BCUT2D eigenvalue weighted by atomic mass is 127. The first kappa shape index (κ1) is 30.1. The number of aromatic nitrogens is 3. The summed E-state index contributed by atoms with van der Waals surface area (Å²) in [4.78, 5) is 34.7. The number of fused-ring (bicyclic) bond motifs is 2. The maximum absolute atomic E-state index is 12.4. The highest BCUT2D eigenvalue weighted by Crippen LogP contribution is 2.37. The maximum Gasteiger partial charge on any atom is 0.355 e. The minimum absolute atomic E-state index is 0.286. The van der Waals surface area contributed by atoms with Crippen LogP contribution in [0.3, 0.4) is 0 Å². The monoisotopic (exact) mass is 667 g/mol. The second-order valence-electron chi connectivity index (χ2n) is 9.16. The van der Waals surface area contributed by atoms with E-state index in [4.69, 9.17) is 14.2 Å². The van der Waals surface area contributed by atoms with Crippen LogP contribution in [0.15, 0.2) is 54.7 Å². The lowest BCUT2D eigenvalue weighted by atomic mass is 10.0. The molecule has 2 N–H and O–H groups in total. The number of esters is 2. The van der Waals surface area contributed by atoms with E-state index >= 15 is 0 Å². The van der Waals surface area contributed by atoms with Crippen LogP contribution < -0.4 is 4.74 Å². The third-order valence-electron chi connectivity index (χ3n) is 6.67. The lowest BCUT2D eigenvalue weighted by Crippen LogP contribution is -2.07. The largest absolute Gasteiger partial charge is 0.481 e. The first-order valence-corrected chi connectivity index (χ1v) is 14.7. The Labute approximate surface area is 252 Å². The van der Waals surface area contributed by atoms with Crippen LogP contribution in [0, 0.1) is 3.57 Å². The second-order valence-corrected chi connectivity index (χ2v) is 10.2. The fourth-order valence-corrected chi connectivity index (χ4v) is 5.41. The van der Waals surface area contributed by atoms with Gasteiger partial charge in [0.05, 0.1) is 23.9 Å². The number of benzene rings is 2. The Morgan fingerprint density at radius 2 is 1.37 bits per heavy atom. The Morgan fingerprint density at radius 1 is 0.805 bits per heavy atom. The molecular formula is C32H34IN3O5. The molecule has 0 spiro atoms. The van der Waals surface area contributed by atoms with Crippen molar-refractivity contribution in [1.29, 1.82) is 0 Å². The van der Waals surface area contributed by atoms with E-state index in [2.05, 4.69) is 75.7 Å². The molecule has 2 aromatic carbocycles. The van der Waals surface area contributed by atoms with Crippen LogP contribution in [-0.2, 0) is 22.3 Å². The van der Waals surface area contributed by atoms with Crippen molar-refractivity contribution in [3.05, 3.63) is 80.8 Å². The summed E-state index contributed by atoms with van der Waals surface area (Å²) < 4.78 is 16.6. The Balaban J connectivity index is 0.000000201. The summed E-state index contributed by atoms with van der Waals surface area (Å²) in [6.07, 6.45) is 3.57. The third kappa shape index (κ3) is 6.40. The van der Waals surface area contributed by atoms with Crippen molar-refractivity contribution in [1.82, 2.24) is 15.0 Å². The lowest BCUT2D eigenvalue weighted by Gasteiger charge is -2.09. The molecule has 3 aromatic heterocycles. The van der Waals surface area contributed by atoms with Gasteiger partial charge in [-0.15, -0.1) is 0 Å². The van der Waals surface area contributed by atoms with Gasteiger partial charge in [0.2, 0.25) is 5.88 Å². The number of halogens is 1. The summed E-state index contributed by atoms with van der Waals surface area (Å²) >= 11 is 2.19. The number of rotatable bonds is 8. The van der Waals surface area contributed by atoms with E-state index in [9.17, 15) is 9.59 Å². The molecule has 214 valence electrons. The molecule has 0 radical (unpaired) electrons. The number of aromatic amines is 2. The van der Waals surface area contributed by atoms with Gasteiger partial charge >= 0.3 is 11.9 Å². The highest BCUT2D eigenvalue weighted by molar-refractivity contribution is 14.1. The van der Waals surface area contributed by atoms with Crippen molar-refractivity contribution < 1.29 is 23.8 Å². The second kappa shape index (κ2) is 13.7. The standard InChI is InChI=1S/C19H20N2O3.C13H14INO2/c1-4-12-8-9-15-14(11-12)16(17(21-15)19(22)24-5-2)13-7-6-10-20-18(13)23-3;1-3-8-5-6-10-9(7-8)11(14)12(15-10)13(16)17-4-2/h6-11,21H,4-5H2,1-3H3;5-7,15H,3-4H2,1-2H3. The van der Waals surface area contributed by atoms with Crippen molar-refractivity contribution in [2.24, 2.45) is 0 Å². The number of carbonyl (C=O) groups excluding carboxylic acids is 2. The number of nitrogens with one attached hydrogen (secondary N) is 2. The van der Waals surface area contributed by atoms with Gasteiger partial charge in [0.1, 0.15) is 11.4 Å². The van der Waals surface area contributed by atoms with E-state index in [1.807, 2.05) is 31.2 Å². The third-order valence-corrected chi connectivity index (χ3v) is 7.79. The number of hydrogen-bond acceptors (Lipinski definition) is 6. The molecule has 5 rings (SSSR count). The number of H-pyrrole nitrogens is 2. The molecule has 0 unspecified atom stereocenters. The Kier molecular flexibility index (Phi) is 10.0. The number of ether oxygens (including phenoxy) is 3. The van der Waals surface area contributed by atoms with Crippen LogP contribution >= 0.6 is 22.6 Å². The number of carbonyl (C=O) groups is 2. The van der Waals surface area contributed by atoms with E-state index in [1.165, 1.54) is 11.1 Å². The maximum atomic E-state index is 12.4. The molecule has 9 heteroatoms. The van der Waals surface area contributed by atoms with Gasteiger partial charge in [0.15, 0.2) is 0 Å². The molecule has 5 aromatic rings. The van der Waals surface area contributed by atoms with Crippen molar-refractivity contribution in [2.45, 2.75) is 40.5 Å². The summed E-state index contributed by atoms with van der Waals surface area (Å²) in [6, 6.07) is 16.1. The van der Waals surface area contributed by atoms with Crippen molar-refractivity contribution >= 4 is 56.3 Å². The van der Waals surface area contributed by atoms with Gasteiger partial charge in [-0.05, 0) is 96.8 Å². The molecule has 41 heavy (non-hydrogen) atoms. The first-order chi connectivity index (χ1) is 19.9. The number of hydrogen-bond donors (Lipinski definition) is 2. The van der Waals surface area contributed by atoms with Gasteiger partial charge < -0.3 is 24.2 Å². The van der Waals surface area contributed by atoms with E-state index < -0.39 is 0 Å². The van der Waals surface area contributed by atoms with Crippen molar-refractivity contribution in [3.63, 3.8) is 0 Å². The molecule has 0 bridgehead atoms. The molecule has 8 nitrogen and oxygen atoms in total. The summed E-state index contributed by atoms with van der Waals surface area (Å²) in [6.45, 7) is 8.53. The minimum Gasteiger partial charge on any atom is -0.481 e. The van der Waals surface area contributed by atoms with E-state index in [1.54, 1.807) is 20.2 Å². The van der Waals surface area contributed by atoms with E-state index in [0.717, 1.165) is 49.3 Å². The molecule has 0 saturated carbocycles. The SMILES string of the molecule is CCOC(=O)c1[nH]c2ccc(CC)cc2c1-c1cccnc1OC.CCOC(=O)c1[nH]c2ccc(CC)cc2c1I. The van der Waals surface area contributed by atoms with E-state index in [-0.39, 0.29) is 11.9 Å². The molecule has 0 saturated heterocycles. The summed E-state index contributed by atoms with van der Waals surface area (Å²) in [7, 11) is 1.57. The molecule has 0 aliphatic rings. The van der Waals surface area contributed by atoms with Crippen LogP contribution in [0.4, 0.5) is 0 Å². The molecule has 0 fully saturated rings. The quantitative estimate of drug-likeness (QED) is 0.131. The molecule has 0 amide bonds. The fourth-order valence-electron chi connectivity index (χ4n) is 4.61. The zero-order chi connectivity index (χ0) is 29.5. The summed E-state index contributed by atoms with van der Waals surface area (Å²) in [5.41, 5.74) is 6.84. The van der Waals surface area contributed by atoms with Gasteiger partial charge in [-0.2, -0.15) is 0 Å². The summed E-state index contributed by atoms with van der Waals surface area (Å²) in [5.74, 6) is -0.190. The molecule has 0 aliphatic heterocycles. The number of nitrogens with zero attached hydrogens (tertiary/aromatic N) is 1. The van der Waals surface area contributed by atoms with Gasteiger partial charge in [-0.25, -0.2) is 14.6 Å². The zero-order valence-electron chi connectivity index (χ0n) is 23.9. The van der Waals surface area contributed by atoms with Gasteiger partial charge in [-0.1, -0.05) is 26.0 Å². The zero-order valence-corrected chi connectivity index (χ0v) is 26.0. The average molecular weight is 668 g/mol. The molecule has 0 aliphatic carbocycles. The number of methoxy groups -OCH3 is 1. The van der Waals surface area contributed by atoms with Gasteiger partial charge in [0.25, 0.3) is 0 Å². The highest BCUT2D eigenvalue weighted by Gasteiger charge is 2.23. The normalized spacial score (nSPS) is 10.8. The van der Waals surface area contributed by atoms with E-state index in [0.29, 0.717) is 30.5 Å². The van der Waals surface area contributed by atoms with Gasteiger partial charge in [-0.3, -0.25) is 0 Å². The Hall–Kier alpha value is -3.86. The number of aryl methyl sites for hydroxylation is 2.